The van der Waals surface area contributed by atoms with E-state index in [2.05, 4.69) is 5.10 Å². The first kappa shape index (κ1) is 20.0. The van der Waals surface area contributed by atoms with Crippen molar-refractivity contribution in [2.45, 2.75) is 12.5 Å². The molecule has 0 radical (unpaired) electrons. The Kier molecular flexibility index (Phi) is 5.72. The van der Waals surface area contributed by atoms with Crippen LogP contribution in [0.3, 0.4) is 0 Å². The molecule has 2 heterocycles. The summed E-state index contributed by atoms with van der Waals surface area (Å²) in [6.45, 7) is -0.153. The van der Waals surface area contributed by atoms with Crippen LogP contribution in [0.2, 0.25) is 0 Å². The highest BCUT2D eigenvalue weighted by Crippen LogP contribution is 2.33. The van der Waals surface area contributed by atoms with Crippen LogP contribution in [0.1, 0.15) is 33.3 Å². The van der Waals surface area contributed by atoms with E-state index in [0.717, 1.165) is 16.2 Å². The number of likely N-dealkylation sites (N-methyl/N-ethyl adjacent to an activating group) is 1. The van der Waals surface area contributed by atoms with Crippen molar-refractivity contribution in [2.24, 2.45) is 5.10 Å². The molecule has 2 aromatic carbocycles. The van der Waals surface area contributed by atoms with Crippen molar-refractivity contribution in [2.75, 3.05) is 13.6 Å². The van der Waals surface area contributed by atoms with E-state index < -0.39 is 11.7 Å². The minimum absolute atomic E-state index is 0.153. The fraction of sp³-hybridized carbons (Fsp3) is 0.174. The van der Waals surface area contributed by atoms with E-state index in [0.29, 0.717) is 6.42 Å². The third-order valence-corrected chi connectivity index (χ3v) is 5.87. The van der Waals surface area contributed by atoms with Gasteiger partial charge >= 0.3 is 0 Å². The number of carbonyl (C=O) groups excluding carboxylic acids is 2. The molecule has 1 aromatic heterocycles. The molecule has 152 valence electrons. The van der Waals surface area contributed by atoms with Gasteiger partial charge in [0, 0.05) is 19.0 Å². The number of nitrogens with zero attached hydrogens (tertiary/aromatic N) is 3. The van der Waals surface area contributed by atoms with E-state index in [1.54, 1.807) is 11.3 Å². The van der Waals surface area contributed by atoms with Gasteiger partial charge in [0.05, 0.1) is 16.6 Å². The maximum Gasteiger partial charge on any atom is 0.262 e. The summed E-state index contributed by atoms with van der Waals surface area (Å²) in [6.07, 6.45) is 0.609. The summed E-state index contributed by atoms with van der Waals surface area (Å²) in [5.74, 6) is -1.20. The van der Waals surface area contributed by atoms with Crippen LogP contribution >= 0.6 is 11.3 Å². The zero-order valence-electron chi connectivity index (χ0n) is 16.4. The molecule has 4 rings (SSSR count). The Morgan fingerprint density at radius 2 is 1.93 bits per heavy atom. The van der Waals surface area contributed by atoms with Crippen molar-refractivity contribution in [3.8, 4) is 0 Å². The van der Waals surface area contributed by atoms with Gasteiger partial charge in [-0.3, -0.25) is 9.59 Å². The maximum atomic E-state index is 13.5. The zero-order chi connectivity index (χ0) is 21.1. The third kappa shape index (κ3) is 4.16. The number of benzene rings is 2. The molecule has 0 bridgehead atoms. The molecule has 1 aliphatic rings. The van der Waals surface area contributed by atoms with E-state index in [1.165, 1.54) is 41.2 Å². The number of halogens is 1. The number of hydrogen-bond acceptors (Lipinski definition) is 4. The van der Waals surface area contributed by atoms with Gasteiger partial charge in [-0.15, -0.1) is 11.3 Å². The van der Waals surface area contributed by atoms with Crippen LogP contribution in [0.25, 0.3) is 0 Å². The van der Waals surface area contributed by atoms with Crippen LogP contribution in [0.15, 0.2) is 77.2 Å². The predicted molar refractivity (Wildman–Crippen MR) is 115 cm³/mol. The van der Waals surface area contributed by atoms with Gasteiger partial charge in [0.15, 0.2) is 0 Å². The Balaban J connectivity index is 1.55. The first-order valence-electron chi connectivity index (χ1n) is 9.52. The second kappa shape index (κ2) is 8.59. The van der Waals surface area contributed by atoms with Gasteiger partial charge < -0.3 is 4.90 Å². The smallest absolute Gasteiger partial charge is 0.262 e. The zero-order valence-corrected chi connectivity index (χ0v) is 17.2. The number of rotatable bonds is 5. The van der Waals surface area contributed by atoms with Gasteiger partial charge in [0.25, 0.3) is 11.8 Å². The number of hydrogen-bond donors (Lipinski definition) is 0. The lowest BCUT2D eigenvalue weighted by Gasteiger charge is -2.25. The normalized spacial score (nSPS) is 15.7. The number of thiophene rings is 1. The molecule has 30 heavy (non-hydrogen) atoms. The van der Waals surface area contributed by atoms with E-state index >= 15 is 0 Å². The van der Waals surface area contributed by atoms with Crippen LogP contribution < -0.4 is 0 Å². The fourth-order valence-electron chi connectivity index (χ4n) is 3.46. The fourth-order valence-corrected chi connectivity index (χ4v) is 4.18. The summed E-state index contributed by atoms with van der Waals surface area (Å²) in [6, 6.07) is 18.9. The molecular formula is C23H20FN3O2S. The van der Waals surface area contributed by atoms with Crippen LogP contribution in [0.4, 0.5) is 4.39 Å². The second-order valence-corrected chi connectivity index (χ2v) is 8.01. The Labute approximate surface area is 178 Å². The SMILES string of the molecule is CN(CC(=O)N1N=C(c2cccs2)C[C@H]1c1ccccc1)C(=O)c1cccc(F)c1. The molecule has 3 aromatic rings. The first-order valence-corrected chi connectivity index (χ1v) is 10.4. The maximum absolute atomic E-state index is 13.5. The highest BCUT2D eigenvalue weighted by molar-refractivity contribution is 7.12. The summed E-state index contributed by atoms with van der Waals surface area (Å²) in [5.41, 5.74) is 2.04. The van der Waals surface area contributed by atoms with Gasteiger partial charge in [-0.05, 0) is 35.2 Å². The van der Waals surface area contributed by atoms with Crippen LogP contribution in [0, 0.1) is 5.82 Å². The molecule has 1 atom stereocenters. The van der Waals surface area contributed by atoms with Crippen molar-refractivity contribution < 1.29 is 14.0 Å². The van der Waals surface area contributed by atoms with Crippen LogP contribution in [0.5, 0.6) is 0 Å². The lowest BCUT2D eigenvalue weighted by atomic mass is 10.0. The number of carbonyl (C=O) groups is 2. The quantitative estimate of drug-likeness (QED) is 0.616. The summed E-state index contributed by atoms with van der Waals surface area (Å²) in [5, 5.41) is 8.05. The van der Waals surface area contributed by atoms with Gasteiger partial charge in [0.2, 0.25) is 0 Å². The Morgan fingerprint density at radius 1 is 1.13 bits per heavy atom. The average molecular weight is 421 g/mol. The molecule has 2 amide bonds. The van der Waals surface area contributed by atoms with Crippen molar-refractivity contribution in [3.63, 3.8) is 0 Å². The minimum Gasteiger partial charge on any atom is -0.332 e. The highest BCUT2D eigenvalue weighted by Gasteiger charge is 2.34. The first-order chi connectivity index (χ1) is 14.5. The minimum atomic E-state index is -0.491. The summed E-state index contributed by atoms with van der Waals surface area (Å²) < 4.78 is 13.5. The Bertz CT molecular complexity index is 1080. The van der Waals surface area contributed by atoms with E-state index in [9.17, 15) is 14.0 Å². The Hall–Kier alpha value is -3.32. The third-order valence-electron chi connectivity index (χ3n) is 4.95. The molecule has 7 heteroatoms. The number of hydrazone groups is 1. The van der Waals surface area contributed by atoms with Gasteiger partial charge in [-0.1, -0.05) is 42.5 Å². The van der Waals surface area contributed by atoms with Crippen LogP contribution in [-0.2, 0) is 4.79 Å². The molecule has 1 aliphatic heterocycles. The van der Waals surface area contributed by atoms with Crippen molar-refractivity contribution in [1.82, 2.24) is 9.91 Å². The topological polar surface area (TPSA) is 53.0 Å². The van der Waals surface area contributed by atoms with E-state index in [-0.39, 0.29) is 24.1 Å². The second-order valence-electron chi connectivity index (χ2n) is 7.06. The predicted octanol–water partition coefficient (Wildman–Crippen LogP) is 4.34. The van der Waals surface area contributed by atoms with Gasteiger partial charge in [0.1, 0.15) is 12.4 Å². The standard InChI is InChI=1S/C23H20FN3O2S/c1-26(23(29)17-9-5-10-18(24)13-17)15-22(28)27-20(16-7-3-2-4-8-16)14-19(25-27)21-11-6-12-30-21/h2-13,20H,14-15H2,1H3/t20-/m0/s1. The van der Waals surface area contributed by atoms with E-state index in [4.69, 9.17) is 0 Å². The molecule has 0 N–H and O–H groups in total. The molecule has 5 nitrogen and oxygen atoms in total. The number of amides is 2. The van der Waals surface area contributed by atoms with Crippen molar-refractivity contribution in [1.29, 1.82) is 0 Å². The van der Waals surface area contributed by atoms with E-state index in [1.807, 2.05) is 47.8 Å². The van der Waals surface area contributed by atoms with Gasteiger partial charge in [-0.25, -0.2) is 9.40 Å². The molecule has 0 saturated carbocycles. The van der Waals surface area contributed by atoms with Gasteiger partial charge in [-0.2, -0.15) is 5.10 Å². The average Bonchev–Trinajstić information content (AvgIpc) is 3.43. The molecule has 0 unspecified atom stereocenters. The summed E-state index contributed by atoms with van der Waals surface area (Å²) in [4.78, 5) is 28.0. The Morgan fingerprint density at radius 3 is 2.63 bits per heavy atom. The summed E-state index contributed by atoms with van der Waals surface area (Å²) in [7, 11) is 1.53. The lowest BCUT2D eigenvalue weighted by molar-refractivity contribution is -0.133. The molecule has 0 aliphatic carbocycles. The molecule has 0 saturated heterocycles. The monoisotopic (exact) mass is 421 g/mol. The van der Waals surface area contributed by atoms with Crippen molar-refractivity contribution >= 4 is 28.9 Å². The highest BCUT2D eigenvalue weighted by atomic mass is 32.1. The lowest BCUT2D eigenvalue weighted by Crippen LogP contribution is -2.39. The molecule has 0 spiro atoms. The van der Waals surface area contributed by atoms with Crippen molar-refractivity contribution in [3.05, 3.63) is 93.9 Å². The molecule has 0 fully saturated rings. The molecular weight excluding hydrogens is 401 g/mol. The summed E-state index contributed by atoms with van der Waals surface area (Å²) >= 11 is 1.58. The largest absolute Gasteiger partial charge is 0.332 e. The van der Waals surface area contributed by atoms with Crippen LogP contribution in [-0.4, -0.2) is 41.0 Å².